The van der Waals surface area contributed by atoms with Gasteiger partial charge in [0, 0.05) is 17.5 Å². The first-order valence-corrected chi connectivity index (χ1v) is 7.29. The Hall–Kier alpha value is -1.36. The largest absolute Gasteiger partial charge is 0.488 e. The number of ether oxygens (including phenoxy) is 1. The lowest BCUT2D eigenvalue weighted by Gasteiger charge is -2.13. The highest BCUT2D eigenvalue weighted by Gasteiger charge is 2.06. The number of thiophene rings is 1. The molecule has 1 aromatic heterocycles. The number of hydrogen-bond acceptors (Lipinski definition) is 4. The lowest BCUT2D eigenvalue weighted by atomic mass is 10.0. The average molecular weight is 277 g/mol. The first kappa shape index (κ1) is 14.1. The van der Waals surface area contributed by atoms with Gasteiger partial charge in [-0.15, -0.1) is 11.3 Å². The number of hydrogen-bond donors (Lipinski definition) is 2. The van der Waals surface area contributed by atoms with Gasteiger partial charge in [-0.1, -0.05) is 18.2 Å². The molecular formula is C15H19NO2S. The van der Waals surface area contributed by atoms with Gasteiger partial charge in [-0.25, -0.2) is 0 Å². The van der Waals surface area contributed by atoms with Crippen LogP contribution in [0.5, 0.6) is 5.75 Å². The van der Waals surface area contributed by atoms with Crippen molar-refractivity contribution in [1.82, 2.24) is 0 Å². The third-order valence-corrected chi connectivity index (χ3v) is 3.77. The molecule has 0 saturated heterocycles. The lowest BCUT2D eigenvalue weighted by molar-refractivity contribution is 0.279. The molecule has 3 N–H and O–H groups in total. The van der Waals surface area contributed by atoms with Crippen LogP contribution < -0.4 is 10.5 Å². The molecule has 2 aromatic rings. The molecule has 4 heteroatoms. The first-order chi connectivity index (χ1) is 9.29. The highest BCUT2D eigenvalue weighted by Crippen LogP contribution is 2.22. The summed E-state index contributed by atoms with van der Waals surface area (Å²) in [5.74, 6) is 0.838. The van der Waals surface area contributed by atoms with Gasteiger partial charge >= 0.3 is 0 Å². The zero-order valence-corrected chi connectivity index (χ0v) is 11.6. The van der Waals surface area contributed by atoms with E-state index in [9.17, 15) is 0 Å². The summed E-state index contributed by atoms with van der Waals surface area (Å²) in [6, 6.07) is 11.9. The number of nitrogens with two attached hydrogens (primary N) is 1. The van der Waals surface area contributed by atoms with Crippen LogP contribution in [0.4, 0.5) is 0 Å². The smallest absolute Gasteiger partial charge is 0.122 e. The van der Waals surface area contributed by atoms with Crippen LogP contribution in [0.15, 0.2) is 41.8 Å². The van der Waals surface area contributed by atoms with Gasteiger partial charge in [0.05, 0.1) is 0 Å². The van der Waals surface area contributed by atoms with E-state index in [1.165, 1.54) is 4.88 Å². The predicted molar refractivity (Wildman–Crippen MR) is 78.3 cm³/mol. The van der Waals surface area contributed by atoms with Crippen molar-refractivity contribution in [2.45, 2.75) is 25.5 Å². The van der Waals surface area contributed by atoms with Crippen molar-refractivity contribution in [2.75, 3.05) is 6.61 Å². The molecule has 3 nitrogen and oxygen atoms in total. The van der Waals surface area contributed by atoms with Crippen LogP contribution in [-0.2, 0) is 6.61 Å². The molecule has 0 radical (unpaired) electrons. The molecule has 19 heavy (non-hydrogen) atoms. The SMILES string of the molecule is N[C@H](CCCO)c1cccc(OCc2cccs2)c1. The Morgan fingerprint density at radius 3 is 2.89 bits per heavy atom. The maximum atomic E-state index is 8.83. The van der Waals surface area contributed by atoms with Crippen molar-refractivity contribution in [3.8, 4) is 5.75 Å². The van der Waals surface area contributed by atoms with E-state index in [2.05, 4.69) is 6.07 Å². The number of aliphatic hydroxyl groups is 1. The van der Waals surface area contributed by atoms with Gasteiger partial charge in [0.25, 0.3) is 0 Å². The van der Waals surface area contributed by atoms with Crippen molar-refractivity contribution >= 4 is 11.3 Å². The normalized spacial score (nSPS) is 12.3. The maximum Gasteiger partial charge on any atom is 0.122 e. The van der Waals surface area contributed by atoms with Gasteiger partial charge in [0.2, 0.25) is 0 Å². The van der Waals surface area contributed by atoms with Crippen molar-refractivity contribution in [3.63, 3.8) is 0 Å². The fourth-order valence-corrected chi connectivity index (χ4v) is 2.48. The molecule has 2 rings (SSSR count). The van der Waals surface area contributed by atoms with Crippen molar-refractivity contribution in [2.24, 2.45) is 5.73 Å². The summed E-state index contributed by atoms with van der Waals surface area (Å²) in [7, 11) is 0. The van der Waals surface area contributed by atoms with Crippen LogP contribution in [0.1, 0.15) is 29.3 Å². The van der Waals surface area contributed by atoms with Crippen LogP contribution in [0.2, 0.25) is 0 Å². The van der Waals surface area contributed by atoms with E-state index >= 15 is 0 Å². The Balaban J connectivity index is 1.94. The Bertz CT molecular complexity index is 485. The molecule has 0 aliphatic rings. The van der Waals surface area contributed by atoms with Crippen LogP contribution in [0.25, 0.3) is 0 Å². The zero-order chi connectivity index (χ0) is 13.5. The topological polar surface area (TPSA) is 55.5 Å². The van der Waals surface area contributed by atoms with E-state index < -0.39 is 0 Å². The number of aliphatic hydroxyl groups excluding tert-OH is 1. The van der Waals surface area contributed by atoms with Crippen molar-refractivity contribution < 1.29 is 9.84 Å². The first-order valence-electron chi connectivity index (χ1n) is 6.41. The summed E-state index contributed by atoms with van der Waals surface area (Å²) < 4.78 is 5.75. The molecule has 0 bridgehead atoms. The highest BCUT2D eigenvalue weighted by molar-refractivity contribution is 7.09. The van der Waals surface area contributed by atoms with Gasteiger partial charge in [-0.05, 0) is 42.0 Å². The minimum atomic E-state index is -0.0440. The van der Waals surface area contributed by atoms with Crippen LogP contribution in [0.3, 0.4) is 0 Å². The van der Waals surface area contributed by atoms with Gasteiger partial charge < -0.3 is 15.6 Å². The van der Waals surface area contributed by atoms with Crippen molar-refractivity contribution in [1.29, 1.82) is 0 Å². The van der Waals surface area contributed by atoms with Gasteiger partial charge in [0.15, 0.2) is 0 Å². The van der Waals surface area contributed by atoms with Crippen LogP contribution >= 0.6 is 11.3 Å². The lowest BCUT2D eigenvalue weighted by Crippen LogP contribution is -2.10. The second-order valence-electron chi connectivity index (χ2n) is 4.41. The van der Waals surface area contributed by atoms with E-state index in [-0.39, 0.29) is 12.6 Å². The minimum Gasteiger partial charge on any atom is -0.488 e. The average Bonchev–Trinajstić information content (AvgIpc) is 2.96. The summed E-state index contributed by atoms with van der Waals surface area (Å²) >= 11 is 1.69. The second kappa shape index (κ2) is 7.28. The maximum absolute atomic E-state index is 8.83. The highest BCUT2D eigenvalue weighted by atomic mass is 32.1. The van der Waals surface area contributed by atoms with E-state index in [4.69, 9.17) is 15.6 Å². The Kier molecular flexibility index (Phi) is 5.39. The standard InChI is InChI=1S/C15H19NO2S/c16-15(7-2-8-17)12-4-1-5-13(10-12)18-11-14-6-3-9-19-14/h1,3-6,9-10,15,17H,2,7-8,11,16H2/t15-/m1/s1. The molecule has 1 aromatic carbocycles. The Labute approximate surface area is 117 Å². The van der Waals surface area contributed by atoms with Crippen LogP contribution in [-0.4, -0.2) is 11.7 Å². The molecule has 0 fully saturated rings. The third kappa shape index (κ3) is 4.35. The predicted octanol–water partition coefficient (Wildman–Crippen LogP) is 3.10. The fourth-order valence-electron chi connectivity index (χ4n) is 1.86. The van der Waals surface area contributed by atoms with Crippen molar-refractivity contribution in [3.05, 3.63) is 52.2 Å². The molecule has 0 aliphatic carbocycles. The third-order valence-electron chi connectivity index (χ3n) is 2.92. The zero-order valence-electron chi connectivity index (χ0n) is 10.8. The molecule has 1 heterocycles. The summed E-state index contributed by atoms with van der Waals surface area (Å²) in [4.78, 5) is 1.20. The monoisotopic (exact) mass is 277 g/mol. The Morgan fingerprint density at radius 2 is 2.16 bits per heavy atom. The molecule has 0 saturated carbocycles. The molecule has 102 valence electrons. The fraction of sp³-hybridized carbons (Fsp3) is 0.333. The minimum absolute atomic E-state index is 0.0440. The molecule has 0 unspecified atom stereocenters. The Morgan fingerprint density at radius 1 is 1.26 bits per heavy atom. The van der Waals surface area contributed by atoms with Gasteiger partial charge in [-0.3, -0.25) is 0 Å². The second-order valence-corrected chi connectivity index (χ2v) is 5.45. The summed E-state index contributed by atoms with van der Waals surface area (Å²) in [6.45, 7) is 0.773. The molecular weight excluding hydrogens is 258 g/mol. The van der Waals surface area contributed by atoms with E-state index in [0.717, 1.165) is 24.2 Å². The van der Waals surface area contributed by atoms with E-state index in [0.29, 0.717) is 6.61 Å². The quantitative estimate of drug-likeness (QED) is 0.817. The van der Waals surface area contributed by atoms with E-state index in [1.54, 1.807) is 11.3 Å². The molecule has 0 amide bonds. The summed E-state index contributed by atoms with van der Waals surface area (Å²) in [5, 5.41) is 10.9. The van der Waals surface area contributed by atoms with Crippen LogP contribution in [0, 0.1) is 0 Å². The van der Waals surface area contributed by atoms with E-state index in [1.807, 2.05) is 35.7 Å². The van der Waals surface area contributed by atoms with Gasteiger partial charge in [-0.2, -0.15) is 0 Å². The molecule has 1 atom stereocenters. The summed E-state index contributed by atoms with van der Waals surface area (Å²) in [6.07, 6.45) is 1.51. The number of benzene rings is 1. The summed E-state index contributed by atoms with van der Waals surface area (Å²) in [5.41, 5.74) is 7.13. The number of rotatable bonds is 7. The molecule has 0 aliphatic heterocycles. The molecule has 0 spiro atoms. The van der Waals surface area contributed by atoms with Gasteiger partial charge in [0.1, 0.15) is 12.4 Å².